The molecule has 0 aliphatic carbocycles. The van der Waals surface area contributed by atoms with E-state index in [1.54, 1.807) is 7.11 Å². The second kappa shape index (κ2) is 7.01. The van der Waals surface area contributed by atoms with Crippen molar-refractivity contribution in [2.45, 2.75) is 26.3 Å². The van der Waals surface area contributed by atoms with Gasteiger partial charge in [-0.1, -0.05) is 13.0 Å². The SMILES string of the molecule is CCCOc1cccc(NC(C)COC)c1N. The lowest BCUT2D eigenvalue weighted by Crippen LogP contribution is -2.21. The van der Waals surface area contributed by atoms with E-state index in [1.165, 1.54) is 0 Å². The standard InChI is InChI=1S/C13H22N2O2/c1-4-8-17-12-7-5-6-11(13(12)14)15-10(2)9-16-3/h5-7,10,15H,4,8-9,14H2,1-3H3. The lowest BCUT2D eigenvalue weighted by Gasteiger charge is -2.17. The molecule has 0 saturated heterocycles. The number of anilines is 2. The highest BCUT2D eigenvalue weighted by Gasteiger charge is 2.08. The zero-order valence-corrected chi connectivity index (χ0v) is 10.8. The highest BCUT2D eigenvalue weighted by molar-refractivity contribution is 5.73. The first kappa shape index (κ1) is 13.6. The summed E-state index contributed by atoms with van der Waals surface area (Å²) in [5, 5.41) is 3.30. The van der Waals surface area contributed by atoms with Gasteiger partial charge in [0.1, 0.15) is 5.75 Å². The summed E-state index contributed by atoms with van der Waals surface area (Å²) < 4.78 is 10.6. The molecule has 0 spiro atoms. The molecular formula is C13H22N2O2. The Morgan fingerprint density at radius 3 is 2.82 bits per heavy atom. The van der Waals surface area contributed by atoms with E-state index in [2.05, 4.69) is 12.2 Å². The molecule has 0 radical (unpaired) electrons. The fraction of sp³-hybridized carbons (Fsp3) is 0.538. The highest BCUT2D eigenvalue weighted by Crippen LogP contribution is 2.29. The van der Waals surface area contributed by atoms with Crippen LogP contribution in [-0.2, 0) is 4.74 Å². The van der Waals surface area contributed by atoms with Crippen LogP contribution in [0.4, 0.5) is 11.4 Å². The maximum Gasteiger partial charge on any atom is 0.144 e. The van der Waals surface area contributed by atoms with Crippen LogP contribution in [0.1, 0.15) is 20.3 Å². The van der Waals surface area contributed by atoms with Crippen molar-refractivity contribution in [3.05, 3.63) is 18.2 Å². The van der Waals surface area contributed by atoms with Crippen LogP contribution in [0.3, 0.4) is 0 Å². The van der Waals surface area contributed by atoms with Gasteiger partial charge in [0, 0.05) is 13.2 Å². The molecule has 1 aromatic rings. The number of nitrogens with two attached hydrogens (primary N) is 1. The number of nitrogen functional groups attached to an aromatic ring is 1. The van der Waals surface area contributed by atoms with Gasteiger partial charge in [-0.25, -0.2) is 0 Å². The normalized spacial score (nSPS) is 12.2. The largest absolute Gasteiger partial charge is 0.491 e. The van der Waals surface area contributed by atoms with Crippen molar-refractivity contribution in [3.8, 4) is 5.75 Å². The maximum atomic E-state index is 6.04. The quantitative estimate of drug-likeness (QED) is 0.717. The molecule has 0 fully saturated rings. The van der Waals surface area contributed by atoms with Crippen molar-refractivity contribution in [3.63, 3.8) is 0 Å². The minimum Gasteiger partial charge on any atom is -0.491 e. The minimum absolute atomic E-state index is 0.212. The molecule has 1 atom stereocenters. The van der Waals surface area contributed by atoms with E-state index in [0.29, 0.717) is 18.9 Å². The molecule has 4 nitrogen and oxygen atoms in total. The fourth-order valence-corrected chi connectivity index (χ4v) is 1.56. The summed E-state index contributed by atoms with van der Waals surface area (Å²) in [6.45, 7) is 5.43. The number of hydrogen-bond donors (Lipinski definition) is 2. The lowest BCUT2D eigenvalue weighted by atomic mass is 10.2. The first-order chi connectivity index (χ1) is 8.19. The Morgan fingerprint density at radius 2 is 2.18 bits per heavy atom. The highest BCUT2D eigenvalue weighted by atomic mass is 16.5. The van der Waals surface area contributed by atoms with Crippen molar-refractivity contribution in [2.75, 3.05) is 31.4 Å². The first-order valence-corrected chi connectivity index (χ1v) is 5.95. The van der Waals surface area contributed by atoms with E-state index < -0.39 is 0 Å². The monoisotopic (exact) mass is 238 g/mol. The molecule has 0 aliphatic heterocycles. The Morgan fingerprint density at radius 1 is 1.41 bits per heavy atom. The second-order valence-corrected chi connectivity index (χ2v) is 4.07. The molecule has 96 valence electrons. The molecule has 0 aliphatic rings. The van der Waals surface area contributed by atoms with Gasteiger partial charge >= 0.3 is 0 Å². The predicted octanol–water partition coefficient (Wildman–Crippen LogP) is 2.50. The summed E-state index contributed by atoms with van der Waals surface area (Å²) in [5.41, 5.74) is 7.59. The van der Waals surface area contributed by atoms with Gasteiger partial charge in [-0.2, -0.15) is 0 Å². The molecule has 0 saturated carbocycles. The molecule has 3 N–H and O–H groups in total. The summed E-state index contributed by atoms with van der Waals surface area (Å²) in [7, 11) is 1.68. The summed E-state index contributed by atoms with van der Waals surface area (Å²) in [4.78, 5) is 0. The number of methoxy groups -OCH3 is 1. The van der Waals surface area contributed by atoms with Crippen LogP contribution < -0.4 is 15.8 Å². The average molecular weight is 238 g/mol. The van der Waals surface area contributed by atoms with E-state index in [0.717, 1.165) is 17.9 Å². The summed E-state index contributed by atoms with van der Waals surface area (Å²) in [6, 6.07) is 5.98. The lowest BCUT2D eigenvalue weighted by molar-refractivity contribution is 0.190. The Balaban J connectivity index is 2.72. The van der Waals surface area contributed by atoms with Gasteiger partial charge < -0.3 is 20.5 Å². The third-order valence-electron chi connectivity index (χ3n) is 2.35. The van der Waals surface area contributed by atoms with Crippen LogP contribution in [0.5, 0.6) is 5.75 Å². The molecule has 0 amide bonds. The minimum atomic E-state index is 0.212. The van der Waals surface area contributed by atoms with E-state index in [-0.39, 0.29) is 6.04 Å². The average Bonchev–Trinajstić information content (AvgIpc) is 2.30. The van der Waals surface area contributed by atoms with E-state index in [9.17, 15) is 0 Å². The van der Waals surface area contributed by atoms with Gasteiger partial charge in [0.15, 0.2) is 0 Å². The molecule has 1 unspecified atom stereocenters. The van der Waals surface area contributed by atoms with Crippen molar-refractivity contribution in [1.82, 2.24) is 0 Å². The fourth-order valence-electron chi connectivity index (χ4n) is 1.56. The summed E-state index contributed by atoms with van der Waals surface area (Å²) in [6.07, 6.45) is 0.969. The Kier molecular flexibility index (Phi) is 5.63. The van der Waals surface area contributed by atoms with Crippen molar-refractivity contribution >= 4 is 11.4 Å². The number of benzene rings is 1. The van der Waals surface area contributed by atoms with Gasteiger partial charge in [-0.3, -0.25) is 0 Å². The molecule has 1 aromatic carbocycles. The molecular weight excluding hydrogens is 216 g/mol. The molecule has 0 bridgehead atoms. The Hall–Kier alpha value is -1.42. The molecule has 0 aromatic heterocycles. The van der Waals surface area contributed by atoms with Crippen LogP contribution in [0.2, 0.25) is 0 Å². The van der Waals surface area contributed by atoms with Crippen molar-refractivity contribution < 1.29 is 9.47 Å². The van der Waals surface area contributed by atoms with E-state index >= 15 is 0 Å². The number of hydrogen-bond acceptors (Lipinski definition) is 4. The zero-order chi connectivity index (χ0) is 12.7. The van der Waals surface area contributed by atoms with Crippen LogP contribution in [0.15, 0.2) is 18.2 Å². The molecule has 17 heavy (non-hydrogen) atoms. The van der Waals surface area contributed by atoms with Crippen LogP contribution >= 0.6 is 0 Å². The van der Waals surface area contributed by atoms with Crippen LogP contribution in [-0.4, -0.2) is 26.4 Å². The third-order valence-corrected chi connectivity index (χ3v) is 2.35. The van der Waals surface area contributed by atoms with Crippen molar-refractivity contribution in [1.29, 1.82) is 0 Å². The maximum absolute atomic E-state index is 6.04. The van der Waals surface area contributed by atoms with Crippen LogP contribution in [0.25, 0.3) is 0 Å². The van der Waals surface area contributed by atoms with Gasteiger partial charge in [0.2, 0.25) is 0 Å². The Labute approximate surface area is 103 Å². The topological polar surface area (TPSA) is 56.5 Å². The number of para-hydroxylation sites is 1. The van der Waals surface area contributed by atoms with Crippen LogP contribution in [0, 0.1) is 0 Å². The Bertz CT molecular complexity index is 342. The van der Waals surface area contributed by atoms with E-state index in [1.807, 2.05) is 25.1 Å². The second-order valence-electron chi connectivity index (χ2n) is 4.07. The molecule has 0 heterocycles. The van der Waals surface area contributed by atoms with Gasteiger partial charge in [-0.05, 0) is 25.5 Å². The third kappa shape index (κ3) is 4.15. The summed E-state index contributed by atoms with van der Waals surface area (Å²) >= 11 is 0. The smallest absolute Gasteiger partial charge is 0.144 e. The summed E-state index contributed by atoms with van der Waals surface area (Å²) in [5.74, 6) is 0.737. The molecule has 1 rings (SSSR count). The number of rotatable bonds is 7. The van der Waals surface area contributed by atoms with Crippen molar-refractivity contribution in [2.24, 2.45) is 0 Å². The van der Waals surface area contributed by atoms with Gasteiger partial charge in [-0.15, -0.1) is 0 Å². The first-order valence-electron chi connectivity index (χ1n) is 5.95. The number of nitrogens with one attached hydrogen (secondary N) is 1. The number of ether oxygens (including phenoxy) is 2. The van der Waals surface area contributed by atoms with E-state index in [4.69, 9.17) is 15.2 Å². The van der Waals surface area contributed by atoms with Gasteiger partial charge in [0.25, 0.3) is 0 Å². The predicted molar refractivity (Wildman–Crippen MR) is 71.6 cm³/mol. The zero-order valence-electron chi connectivity index (χ0n) is 10.8. The van der Waals surface area contributed by atoms with Gasteiger partial charge in [0.05, 0.1) is 24.6 Å². The molecule has 4 heteroatoms.